The van der Waals surface area contributed by atoms with Crippen LogP contribution in [0.3, 0.4) is 0 Å². The predicted molar refractivity (Wildman–Crippen MR) is 78.6 cm³/mol. The molecule has 1 aromatic heterocycles. The van der Waals surface area contributed by atoms with Gasteiger partial charge in [0.25, 0.3) is 0 Å². The number of aromatic nitrogens is 2. The quantitative estimate of drug-likeness (QED) is 0.898. The van der Waals surface area contributed by atoms with E-state index in [9.17, 15) is 0 Å². The summed E-state index contributed by atoms with van der Waals surface area (Å²) in [5, 5.41) is 9.12. The molecular weight excluding hydrogens is 250 g/mol. The minimum Gasteiger partial charge on any atom is -0.494 e. The fraction of sp³-hybridized carbons (Fsp3) is 0.375. The molecule has 104 valence electrons. The van der Waals surface area contributed by atoms with Gasteiger partial charge in [-0.1, -0.05) is 6.92 Å². The van der Waals surface area contributed by atoms with Gasteiger partial charge >= 0.3 is 0 Å². The zero-order chi connectivity index (χ0) is 14.5. The SMILES string of the molecule is CCOc1ccc(-c2nc(C(C#N)CC)[nH]c2C)cc1. The number of nitrogens with zero attached hydrogens (tertiary/aromatic N) is 2. The fourth-order valence-electron chi connectivity index (χ4n) is 2.15. The largest absolute Gasteiger partial charge is 0.494 e. The third-order valence-corrected chi connectivity index (χ3v) is 3.24. The normalized spacial score (nSPS) is 11.9. The number of nitriles is 1. The molecule has 1 aromatic carbocycles. The van der Waals surface area contributed by atoms with Gasteiger partial charge in [-0.05, 0) is 44.5 Å². The predicted octanol–water partition coefficient (Wildman–Crippen LogP) is 3.80. The Morgan fingerprint density at radius 1 is 1.30 bits per heavy atom. The Kier molecular flexibility index (Phi) is 4.41. The topological polar surface area (TPSA) is 61.7 Å². The standard InChI is InChI=1S/C16H19N3O/c1-4-12(10-17)16-18-11(3)15(19-16)13-6-8-14(9-7-13)20-5-2/h6-9,12H,4-5H2,1-3H3,(H,18,19). The molecule has 1 unspecified atom stereocenters. The first kappa shape index (κ1) is 14.1. The van der Waals surface area contributed by atoms with Crippen molar-refractivity contribution < 1.29 is 4.74 Å². The minimum atomic E-state index is -0.176. The highest BCUT2D eigenvalue weighted by Gasteiger charge is 2.15. The van der Waals surface area contributed by atoms with E-state index in [0.29, 0.717) is 6.61 Å². The number of benzene rings is 1. The molecule has 0 saturated carbocycles. The molecule has 0 aliphatic carbocycles. The number of aryl methyl sites for hydroxylation is 1. The number of hydrogen-bond donors (Lipinski definition) is 1. The van der Waals surface area contributed by atoms with Crippen LogP contribution in [0.1, 0.15) is 37.7 Å². The molecule has 1 heterocycles. The monoisotopic (exact) mass is 269 g/mol. The molecule has 4 nitrogen and oxygen atoms in total. The van der Waals surface area contributed by atoms with Crippen molar-refractivity contribution in [2.75, 3.05) is 6.61 Å². The first-order valence-corrected chi connectivity index (χ1v) is 6.88. The number of ether oxygens (including phenoxy) is 1. The lowest BCUT2D eigenvalue weighted by molar-refractivity contribution is 0.340. The highest BCUT2D eigenvalue weighted by molar-refractivity contribution is 5.63. The summed E-state index contributed by atoms with van der Waals surface area (Å²) in [4.78, 5) is 7.80. The lowest BCUT2D eigenvalue weighted by Crippen LogP contribution is -1.96. The van der Waals surface area contributed by atoms with Gasteiger partial charge in [0.15, 0.2) is 0 Å². The van der Waals surface area contributed by atoms with Crippen LogP contribution in [0, 0.1) is 18.3 Å². The van der Waals surface area contributed by atoms with Gasteiger partial charge < -0.3 is 9.72 Å². The van der Waals surface area contributed by atoms with Crippen LogP contribution in [0.2, 0.25) is 0 Å². The second-order valence-corrected chi connectivity index (χ2v) is 4.64. The van der Waals surface area contributed by atoms with Crippen LogP contribution in [0.25, 0.3) is 11.3 Å². The molecule has 0 bridgehead atoms. The van der Waals surface area contributed by atoms with E-state index in [1.807, 2.05) is 45.0 Å². The first-order chi connectivity index (χ1) is 9.69. The van der Waals surface area contributed by atoms with Crippen molar-refractivity contribution in [3.05, 3.63) is 35.8 Å². The van der Waals surface area contributed by atoms with Gasteiger partial charge in [-0.15, -0.1) is 0 Å². The van der Waals surface area contributed by atoms with Crippen LogP contribution in [0.5, 0.6) is 5.75 Å². The van der Waals surface area contributed by atoms with Gasteiger partial charge in [-0.25, -0.2) is 4.98 Å². The summed E-state index contributed by atoms with van der Waals surface area (Å²) in [6, 6.07) is 10.1. The molecule has 0 spiro atoms. The molecule has 0 saturated heterocycles. The molecule has 20 heavy (non-hydrogen) atoms. The van der Waals surface area contributed by atoms with Crippen LogP contribution < -0.4 is 4.74 Å². The Labute approximate surface area is 119 Å². The lowest BCUT2D eigenvalue weighted by Gasteiger charge is -2.04. The molecule has 0 fully saturated rings. The molecule has 1 atom stereocenters. The van der Waals surface area contributed by atoms with Gasteiger partial charge in [0.2, 0.25) is 0 Å². The van der Waals surface area contributed by atoms with Gasteiger partial charge in [0, 0.05) is 11.3 Å². The van der Waals surface area contributed by atoms with E-state index in [2.05, 4.69) is 16.0 Å². The average molecular weight is 269 g/mol. The van der Waals surface area contributed by atoms with Gasteiger partial charge in [-0.2, -0.15) is 5.26 Å². The Balaban J connectivity index is 2.31. The molecule has 0 amide bonds. The number of nitrogens with one attached hydrogen (secondary N) is 1. The Hall–Kier alpha value is -2.28. The average Bonchev–Trinajstić information content (AvgIpc) is 2.83. The number of hydrogen-bond acceptors (Lipinski definition) is 3. The third kappa shape index (κ3) is 2.83. The maximum Gasteiger partial charge on any atom is 0.124 e. The van der Waals surface area contributed by atoms with Gasteiger partial charge in [0.1, 0.15) is 17.5 Å². The minimum absolute atomic E-state index is 0.176. The second kappa shape index (κ2) is 6.25. The van der Waals surface area contributed by atoms with E-state index < -0.39 is 0 Å². The summed E-state index contributed by atoms with van der Waals surface area (Å²) >= 11 is 0. The van der Waals surface area contributed by atoms with Gasteiger partial charge in [-0.3, -0.25) is 0 Å². The van der Waals surface area contributed by atoms with E-state index in [4.69, 9.17) is 10.00 Å². The van der Waals surface area contributed by atoms with Crippen molar-refractivity contribution in [1.29, 1.82) is 5.26 Å². The molecular formula is C16H19N3O. The van der Waals surface area contributed by atoms with Crippen molar-refractivity contribution in [2.45, 2.75) is 33.1 Å². The number of H-pyrrole nitrogens is 1. The van der Waals surface area contributed by atoms with Crippen LogP contribution in [-0.4, -0.2) is 16.6 Å². The highest BCUT2D eigenvalue weighted by Crippen LogP contribution is 2.26. The van der Waals surface area contributed by atoms with Crippen LogP contribution in [-0.2, 0) is 0 Å². The molecule has 4 heteroatoms. The van der Waals surface area contributed by atoms with E-state index in [0.717, 1.165) is 34.9 Å². The van der Waals surface area contributed by atoms with E-state index in [-0.39, 0.29) is 5.92 Å². The molecule has 0 radical (unpaired) electrons. The smallest absolute Gasteiger partial charge is 0.124 e. The van der Waals surface area contributed by atoms with Gasteiger partial charge in [0.05, 0.1) is 18.4 Å². The van der Waals surface area contributed by atoms with Crippen molar-refractivity contribution in [3.8, 4) is 23.1 Å². The van der Waals surface area contributed by atoms with Crippen molar-refractivity contribution in [1.82, 2.24) is 9.97 Å². The zero-order valence-corrected chi connectivity index (χ0v) is 12.1. The summed E-state index contributed by atoms with van der Waals surface area (Å²) in [6.07, 6.45) is 0.756. The molecule has 1 N–H and O–H groups in total. The van der Waals surface area contributed by atoms with Crippen LogP contribution >= 0.6 is 0 Å². The fourth-order valence-corrected chi connectivity index (χ4v) is 2.15. The van der Waals surface area contributed by atoms with Crippen molar-refractivity contribution in [3.63, 3.8) is 0 Å². The third-order valence-electron chi connectivity index (χ3n) is 3.24. The Morgan fingerprint density at radius 2 is 2.00 bits per heavy atom. The number of aromatic amines is 1. The number of imidazole rings is 1. The maximum atomic E-state index is 9.12. The van der Waals surface area contributed by atoms with E-state index in [1.54, 1.807) is 0 Å². The lowest BCUT2D eigenvalue weighted by atomic mass is 10.1. The molecule has 2 aromatic rings. The molecule has 2 rings (SSSR count). The van der Waals surface area contributed by atoms with Crippen molar-refractivity contribution in [2.24, 2.45) is 0 Å². The summed E-state index contributed by atoms with van der Waals surface area (Å²) in [7, 11) is 0. The molecule has 0 aliphatic heterocycles. The highest BCUT2D eigenvalue weighted by atomic mass is 16.5. The number of rotatable bonds is 5. The summed E-state index contributed by atoms with van der Waals surface area (Å²) in [5.74, 6) is 1.43. The second-order valence-electron chi connectivity index (χ2n) is 4.64. The zero-order valence-electron chi connectivity index (χ0n) is 12.1. The first-order valence-electron chi connectivity index (χ1n) is 6.88. The Morgan fingerprint density at radius 3 is 2.55 bits per heavy atom. The summed E-state index contributed by atoms with van der Waals surface area (Å²) < 4.78 is 5.43. The van der Waals surface area contributed by atoms with Crippen molar-refractivity contribution >= 4 is 0 Å². The Bertz CT molecular complexity index is 608. The summed E-state index contributed by atoms with van der Waals surface area (Å²) in [6.45, 7) is 6.59. The van der Waals surface area contributed by atoms with Crippen LogP contribution in [0.4, 0.5) is 0 Å². The van der Waals surface area contributed by atoms with E-state index in [1.165, 1.54) is 0 Å². The maximum absolute atomic E-state index is 9.12. The van der Waals surface area contributed by atoms with E-state index >= 15 is 0 Å². The summed E-state index contributed by atoms with van der Waals surface area (Å²) in [5.41, 5.74) is 2.91. The molecule has 0 aliphatic rings. The van der Waals surface area contributed by atoms with Crippen LogP contribution in [0.15, 0.2) is 24.3 Å².